The topological polar surface area (TPSA) is 110 Å². The lowest BCUT2D eigenvalue weighted by atomic mass is 9.59. The van der Waals surface area contributed by atoms with Crippen molar-refractivity contribution in [3.05, 3.63) is 81.4 Å². The summed E-state index contributed by atoms with van der Waals surface area (Å²) in [6.07, 6.45) is 3.71. The molecule has 1 N–H and O–H groups in total. The number of benzene rings is 2. The molecule has 0 bridgehead atoms. The van der Waals surface area contributed by atoms with Crippen LogP contribution < -0.4 is 14.4 Å². The van der Waals surface area contributed by atoms with Crippen molar-refractivity contribution in [3.63, 3.8) is 0 Å². The van der Waals surface area contributed by atoms with Crippen LogP contribution in [0.25, 0.3) is 0 Å². The van der Waals surface area contributed by atoms with Gasteiger partial charge in [-0.15, -0.1) is 0 Å². The SMILES string of the molecule is COc1cc(C2C3=CCC4C(=O)N(c5ccccc5)C(=O)C4C3CC3=C2C(=O)C=C(Br)C3=O)cc(OC)c1O. The highest BCUT2D eigenvalue weighted by Gasteiger charge is 2.56. The third-order valence-electron chi connectivity index (χ3n) is 8.18. The summed E-state index contributed by atoms with van der Waals surface area (Å²) < 4.78 is 10.9. The summed E-state index contributed by atoms with van der Waals surface area (Å²) in [7, 11) is 2.82. The maximum absolute atomic E-state index is 13.9. The third-order valence-corrected chi connectivity index (χ3v) is 8.77. The standard InChI is InChI=1S/C30H24BrNO7/c1-38-22-10-14(11-23(39-2)28(22)35)24-16-8-9-17-25(30(37)32(29(17)36)15-6-4-3-5-7-15)18(16)12-19-26(24)21(33)13-20(31)27(19)34/h3-8,10-11,13,17-18,24-25,35H,9,12H2,1-2H3. The van der Waals surface area contributed by atoms with Gasteiger partial charge in [-0.1, -0.05) is 29.8 Å². The molecule has 8 nitrogen and oxygen atoms in total. The van der Waals surface area contributed by atoms with Crippen molar-refractivity contribution >= 4 is 45.0 Å². The fourth-order valence-corrected chi connectivity index (χ4v) is 6.95. The number of carbonyl (C=O) groups excluding carboxylic acids is 4. The lowest BCUT2D eigenvalue weighted by Crippen LogP contribution is -2.39. The Balaban J connectivity index is 1.53. The number of methoxy groups -OCH3 is 2. The first-order chi connectivity index (χ1) is 18.8. The Bertz CT molecular complexity index is 1530. The van der Waals surface area contributed by atoms with Gasteiger partial charge in [0.05, 0.1) is 36.2 Å². The number of nitrogens with zero attached hydrogens (tertiary/aromatic N) is 1. The van der Waals surface area contributed by atoms with Crippen molar-refractivity contribution in [2.24, 2.45) is 17.8 Å². The first-order valence-electron chi connectivity index (χ1n) is 12.5. The predicted molar refractivity (Wildman–Crippen MR) is 145 cm³/mol. The van der Waals surface area contributed by atoms with Crippen molar-refractivity contribution in [2.75, 3.05) is 19.1 Å². The van der Waals surface area contributed by atoms with Gasteiger partial charge in [0, 0.05) is 23.1 Å². The molecule has 0 spiro atoms. The largest absolute Gasteiger partial charge is 0.502 e. The lowest BCUT2D eigenvalue weighted by Gasteiger charge is -2.42. The number of phenolic OH excluding ortho intramolecular Hbond substituents is 1. The number of hydrogen-bond acceptors (Lipinski definition) is 7. The van der Waals surface area contributed by atoms with Gasteiger partial charge >= 0.3 is 0 Å². The third kappa shape index (κ3) is 3.71. The van der Waals surface area contributed by atoms with Gasteiger partial charge in [0.25, 0.3) is 0 Å². The number of halogens is 1. The molecule has 4 unspecified atom stereocenters. The van der Waals surface area contributed by atoms with Gasteiger partial charge in [0.2, 0.25) is 17.6 Å². The van der Waals surface area contributed by atoms with Crippen LogP contribution in [0, 0.1) is 17.8 Å². The summed E-state index contributed by atoms with van der Waals surface area (Å²) in [5.74, 6) is -3.49. The number of para-hydroxylation sites is 1. The Labute approximate surface area is 232 Å². The Hall–Kier alpha value is -3.98. The molecule has 1 aliphatic heterocycles. The van der Waals surface area contributed by atoms with Gasteiger partial charge in [0.15, 0.2) is 23.1 Å². The van der Waals surface area contributed by atoms with E-state index >= 15 is 0 Å². The van der Waals surface area contributed by atoms with Crippen LogP contribution in [-0.4, -0.2) is 42.7 Å². The number of aromatic hydroxyl groups is 1. The molecular formula is C30H24BrNO7. The van der Waals surface area contributed by atoms with Crippen LogP contribution in [0.2, 0.25) is 0 Å². The van der Waals surface area contributed by atoms with E-state index in [0.29, 0.717) is 28.8 Å². The molecule has 4 atom stereocenters. The summed E-state index contributed by atoms with van der Waals surface area (Å²) >= 11 is 3.23. The Morgan fingerprint density at radius 2 is 1.62 bits per heavy atom. The molecule has 3 aliphatic carbocycles. The molecule has 1 fully saturated rings. The molecule has 4 aliphatic rings. The van der Waals surface area contributed by atoms with Crippen LogP contribution in [0.15, 0.2) is 75.8 Å². The number of anilines is 1. The molecule has 0 saturated carbocycles. The molecule has 9 heteroatoms. The number of allylic oxidation sites excluding steroid dienone is 6. The fourth-order valence-electron chi connectivity index (χ4n) is 6.50. The number of Topliss-reactive ketones (excluding diaryl/α,β-unsaturated/α-hetero) is 1. The molecule has 6 rings (SSSR count). The molecule has 2 amide bonds. The normalized spacial score (nSPS) is 26.1. The van der Waals surface area contributed by atoms with Crippen LogP contribution >= 0.6 is 15.9 Å². The molecule has 1 saturated heterocycles. The van der Waals surface area contributed by atoms with Gasteiger partial charge in [-0.3, -0.25) is 24.1 Å². The zero-order valence-electron chi connectivity index (χ0n) is 21.1. The predicted octanol–water partition coefficient (Wildman–Crippen LogP) is 4.38. The van der Waals surface area contributed by atoms with E-state index in [0.717, 1.165) is 5.57 Å². The summed E-state index contributed by atoms with van der Waals surface area (Å²) in [6, 6.07) is 12.1. The van der Waals surface area contributed by atoms with Crippen molar-refractivity contribution in [1.29, 1.82) is 0 Å². The number of carbonyl (C=O) groups is 4. The maximum Gasteiger partial charge on any atom is 0.238 e. The highest BCUT2D eigenvalue weighted by molar-refractivity contribution is 9.12. The van der Waals surface area contributed by atoms with E-state index in [1.807, 2.05) is 12.1 Å². The van der Waals surface area contributed by atoms with Gasteiger partial charge in [-0.05, 0) is 64.5 Å². The van der Waals surface area contributed by atoms with Gasteiger partial charge in [-0.25, -0.2) is 0 Å². The van der Waals surface area contributed by atoms with Crippen LogP contribution in [0.1, 0.15) is 24.3 Å². The Morgan fingerprint density at radius 3 is 2.26 bits per heavy atom. The van der Waals surface area contributed by atoms with Crippen LogP contribution in [-0.2, 0) is 19.2 Å². The number of fused-ring (bicyclic) bond motifs is 3. The minimum atomic E-state index is -0.690. The molecule has 39 heavy (non-hydrogen) atoms. The maximum atomic E-state index is 13.9. The van der Waals surface area contributed by atoms with Crippen LogP contribution in [0.5, 0.6) is 17.2 Å². The number of rotatable bonds is 4. The van der Waals surface area contributed by atoms with E-state index in [4.69, 9.17) is 9.47 Å². The van der Waals surface area contributed by atoms with Crippen LogP contribution in [0.3, 0.4) is 0 Å². The first kappa shape index (κ1) is 25.3. The molecule has 2 aromatic carbocycles. The van der Waals surface area contributed by atoms with E-state index in [1.54, 1.807) is 36.4 Å². The quantitative estimate of drug-likeness (QED) is 0.320. The number of phenols is 1. The van der Waals surface area contributed by atoms with Crippen molar-refractivity contribution < 1.29 is 33.8 Å². The molecule has 198 valence electrons. The summed E-state index contributed by atoms with van der Waals surface area (Å²) in [5.41, 5.74) is 2.54. The van der Waals surface area contributed by atoms with Gasteiger partial charge < -0.3 is 14.6 Å². The number of ketones is 2. The van der Waals surface area contributed by atoms with E-state index in [1.165, 1.54) is 25.2 Å². The monoisotopic (exact) mass is 589 g/mol. The van der Waals surface area contributed by atoms with E-state index in [2.05, 4.69) is 15.9 Å². The summed E-state index contributed by atoms with van der Waals surface area (Å²) in [6.45, 7) is 0. The van der Waals surface area contributed by atoms with E-state index in [9.17, 15) is 24.3 Å². The highest BCUT2D eigenvalue weighted by atomic mass is 79.9. The number of imide groups is 1. The second-order valence-corrected chi connectivity index (χ2v) is 10.9. The van der Waals surface area contributed by atoms with Gasteiger partial charge in [0.1, 0.15) is 0 Å². The lowest BCUT2D eigenvalue weighted by molar-refractivity contribution is -0.123. The van der Waals surface area contributed by atoms with Crippen LogP contribution in [0.4, 0.5) is 5.69 Å². The zero-order chi connectivity index (χ0) is 27.6. The average molecular weight is 590 g/mol. The van der Waals surface area contributed by atoms with Crippen molar-refractivity contribution in [2.45, 2.75) is 18.8 Å². The molecule has 1 heterocycles. The van der Waals surface area contributed by atoms with E-state index in [-0.39, 0.29) is 51.5 Å². The van der Waals surface area contributed by atoms with Gasteiger partial charge in [-0.2, -0.15) is 0 Å². The minimum absolute atomic E-state index is 0.150. The first-order valence-corrected chi connectivity index (χ1v) is 13.3. The Kier molecular flexibility index (Phi) is 6.06. The summed E-state index contributed by atoms with van der Waals surface area (Å²) in [5, 5.41) is 10.5. The number of amides is 2. The second-order valence-electron chi connectivity index (χ2n) is 10.0. The van der Waals surface area contributed by atoms with Crippen molar-refractivity contribution in [1.82, 2.24) is 0 Å². The number of ether oxygens (including phenoxy) is 2. The minimum Gasteiger partial charge on any atom is -0.502 e. The Morgan fingerprint density at radius 1 is 0.949 bits per heavy atom. The highest BCUT2D eigenvalue weighted by Crippen LogP contribution is 2.56. The second kappa shape index (κ2) is 9.34. The molecule has 2 aromatic rings. The smallest absolute Gasteiger partial charge is 0.238 e. The van der Waals surface area contributed by atoms with E-state index < -0.39 is 23.7 Å². The average Bonchev–Trinajstić information content (AvgIpc) is 3.20. The van der Waals surface area contributed by atoms with Crippen molar-refractivity contribution in [3.8, 4) is 17.2 Å². The molecular weight excluding hydrogens is 566 g/mol. The molecule has 0 radical (unpaired) electrons. The zero-order valence-corrected chi connectivity index (χ0v) is 22.7. The molecule has 0 aromatic heterocycles. The fraction of sp³-hybridized carbons (Fsp3) is 0.267. The number of hydrogen-bond donors (Lipinski definition) is 1. The summed E-state index contributed by atoms with van der Waals surface area (Å²) in [4.78, 5) is 55.4.